The molecule has 4 rings (SSSR count). The van der Waals surface area contributed by atoms with Gasteiger partial charge < -0.3 is 0 Å². The Hall–Kier alpha value is -0.692. The maximum absolute atomic E-state index is 2.90. The molecule has 0 radical (unpaired) electrons. The van der Waals surface area contributed by atoms with Gasteiger partial charge in [-0.2, -0.15) is 0 Å². The summed E-state index contributed by atoms with van der Waals surface area (Å²) in [7, 11) is -10.4. The van der Waals surface area contributed by atoms with E-state index in [0.717, 1.165) is 15.5 Å². The van der Waals surface area contributed by atoms with Crippen molar-refractivity contribution in [1.82, 2.24) is 0 Å². The van der Waals surface area contributed by atoms with Gasteiger partial charge in [0.15, 0.2) is 0 Å². The van der Waals surface area contributed by atoms with Gasteiger partial charge in [-0.1, -0.05) is 172 Å². The highest BCUT2D eigenvalue weighted by molar-refractivity contribution is 7.00. The summed E-state index contributed by atoms with van der Waals surface area (Å²) in [5, 5.41) is 8.71. The third-order valence-corrected chi connectivity index (χ3v) is 40.8. The first-order chi connectivity index (χ1) is 20.1. The van der Waals surface area contributed by atoms with Crippen molar-refractivity contribution in [1.29, 1.82) is 0 Å². The van der Waals surface area contributed by atoms with Crippen molar-refractivity contribution < 1.29 is 0 Å². The van der Waals surface area contributed by atoms with Crippen LogP contribution in [0.5, 0.6) is 0 Å². The van der Waals surface area contributed by atoms with Gasteiger partial charge >= 0.3 is 0 Å². The predicted molar refractivity (Wildman–Crippen MR) is 229 cm³/mol. The first-order valence-electron chi connectivity index (χ1n) is 17.6. The molecule has 7 heteroatoms. The van der Waals surface area contributed by atoms with E-state index in [1.165, 1.54) is 10.9 Å². The van der Waals surface area contributed by atoms with Gasteiger partial charge in [0.25, 0.3) is 0 Å². The zero-order valence-electron chi connectivity index (χ0n) is 32.4. The van der Waals surface area contributed by atoms with Crippen molar-refractivity contribution in [3.63, 3.8) is 0 Å². The Bertz CT molecular complexity index is 1510. The second-order valence-corrected chi connectivity index (χ2v) is 56.6. The van der Waals surface area contributed by atoms with Gasteiger partial charge in [0, 0.05) is 48.4 Å². The Balaban J connectivity index is 2.32. The molecule has 0 fully saturated rings. The van der Waals surface area contributed by atoms with Crippen LogP contribution in [0.3, 0.4) is 0 Å². The zero-order valence-corrected chi connectivity index (χ0v) is 39.4. The lowest BCUT2D eigenvalue weighted by Crippen LogP contribution is -2.55. The largest absolute Gasteiger partial charge is 0.0822 e. The van der Waals surface area contributed by atoms with E-state index in [2.05, 4.69) is 172 Å². The Kier molecular flexibility index (Phi) is 9.92. The summed E-state index contributed by atoms with van der Waals surface area (Å²) < 4.78 is 0. The summed E-state index contributed by atoms with van der Waals surface area (Å²) in [4.78, 5) is 0. The molecule has 0 N–H and O–H groups in total. The first kappa shape index (κ1) is 37.1. The van der Waals surface area contributed by atoms with E-state index >= 15 is 0 Å². The number of hydrogen-bond donors (Lipinski definition) is 0. The monoisotopic (exact) mass is 718 g/mol. The minimum atomic E-state index is -1.58. The minimum Gasteiger partial charge on any atom is -0.0693 e. The van der Waals surface area contributed by atoms with E-state index in [4.69, 9.17) is 0 Å². The lowest BCUT2D eigenvalue weighted by Gasteiger charge is -2.46. The Labute approximate surface area is 286 Å². The molecule has 0 unspecified atom stereocenters. The molecule has 0 bridgehead atoms. The van der Waals surface area contributed by atoms with Crippen LogP contribution in [0.1, 0.15) is 37.7 Å². The van der Waals surface area contributed by atoms with E-state index in [1.54, 1.807) is 16.1 Å². The number of hydrogen-bond acceptors (Lipinski definition) is 0. The summed E-state index contributed by atoms with van der Waals surface area (Å²) >= 11 is 0. The molecule has 0 amide bonds. The summed E-state index contributed by atoms with van der Waals surface area (Å²) in [5.41, 5.74) is 9.70. The van der Waals surface area contributed by atoms with Crippen molar-refractivity contribution in [3.05, 3.63) is 70.8 Å². The van der Waals surface area contributed by atoms with Crippen molar-refractivity contribution >= 4 is 83.7 Å². The van der Waals surface area contributed by atoms with Crippen LogP contribution < -0.4 is 10.4 Å². The Morgan fingerprint density at radius 1 is 0.467 bits per heavy atom. The molecule has 246 valence electrons. The fourth-order valence-electron chi connectivity index (χ4n) is 10.6. The molecule has 3 aromatic carbocycles. The third-order valence-electron chi connectivity index (χ3n) is 10.2. The van der Waals surface area contributed by atoms with Crippen LogP contribution in [0.4, 0.5) is 0 Å². The SMILES string of the molecule is C[Si](C)(C)C(c1cc(C([Si](C)(C)C)[Si](C)(C)C)c([Si]2=Cc3cccc4cccc2c34)c(C([Si](C)(C)C)[Si](C)(C)C)c1)[Si](C)(C)C. The summed E-state index contributed by atoms with van der Waals surface area (Å²) in [6, 6.07) is 20.1. The quantitative estimate of drug-likeness (QED) is 0.143. The number of benzene rings is 3. The van der Waals surface area contributed by atoms with E-state index in [0.29, 0.717) is 0 Å². The molecule has 3 aromatic rings. The lowest BCUT2D eigenvalue weighted by molar-refractivity contribution is 1.10. The average molecular weight is 720 g/mol. The van der Waals surface area contributed by atoms with Gasteiger partial charge in [0.1, 0.15) is 0 Å². The average Bonchev–Trinajstić information content (AvgIpc) is 3.13. The van der Waals surface area contributed by atoms with Crippen LogP contribution in [0.2, 0.25) is 118 Å². The molecule has 1 aliphatic rings. The molecule has 0 aromatic heterocycles. The highest BCUT2D eigenvalue weighted by atomic mass is 28.4. The Morgan fingerprint density at radius 3 is 1.22 bits per heavy atom. The standard InChI is InChI=1S/C38H66Si7/c1-40(2,3)36(41(4,5)6)30-25-31(37(42(7,8)9)43(10,11)12)35(32(26-30)38(44(13,14)15)45(16,17)18)39-27-29-23-19-21-28-22-20-24-33(39)34(28)29/h19-27,36-38H,1-18H3. The number of rotatable bonds is 10. The molecular weight excluding hydrogens is 653 g/mol. The van der Waals surface area contributed by atoms with Crippen molar-refractivity contribution in [3.8, 4) is 0 Å². The van der Waals surface area contributed by atoms with Crippen LogP contribution in [0.15, 0.2) is 48.5 Å². The van der Waals surface area contributed by atoms with Crippen molar-refractivity contribution in [2.24, 2.45) is 0 Å². The van der Waals surface area contributed by atoms with Gasteiger partial charge in [-0.15, -0.1) is 0 Å². The maximum atomic E-state index is 2.90. The molecule has 0 aliphatic carbocycles. The van der Waals surface area contributed by atoms with Crippen molar-refractivity contribution in [2.45, 2.75) is 133 Å². The van der Waals surface area contributed by atoms with Crippen LogP contribution >= 0.6 is 0 Å². The van der Waals surface area contributed by atoms with Crippen LogP contribution in [-0.2, 0) is 0 Å². The van der Waals surface area contributed by atoms with E-state index in [1.807, 2.05) is 16.3 Å². The maximum Gasteiger partial charge on any atom is 0.0822 e. The van der Waals surface area contributed by atoms with E-state index < -0.39 is 56.9 Å². The molecule has 0 spiro atoms. The fourth-order valence-corrected chi connectivity index (χ4v) is 52.3. The zero-order chi connectivity index (χ0) is 34.3. The topological polar surface area (TPSA) is 0 Å². The van der Waals surface area contributed by atoms with Crippen LogP contribution in [0.25, 0.3) is 10.8 Å². The summed E-state index contributed by atoms with van der Waals surface area (Å²) in [6.45, 7) is 48.3. The van der Waals surface area contributed by atoms with Gasteiger partial charge in [0.2, 0.25) is 0 Å². The minimum absolute atomic E-state index is 0.736. The van der Waals surface area contributed by atoms with E-state index in [-0.39, 0.29) is 0 Å². The second-order valence-electron chi connectivity index (χ2n) is 20.9. The third kappa shape index (κ3) is 7.49. The van der Waals surface area contributed by atoms with E-state index in [9.17, 15) is 0 Å². The molecule has 0 saturated heterocycles. The summed E-state index contributed by atoms with van der Waals surface area (Å²) in [6.07, 6.45) is 0. The molecular formula is C38H66Si7. The molecule has 0 nitrogen and oxygen atoms in total. The van der Waals surface area contributed by atoms with Gasteiger partial charge in [-0.25, -0.2) is 0 Å². The van der Waals surface area contributed by atoms with Gasteiger partial charge in [-0.05, 0) is 58.9 Å². The van der Waals surface area contributed by atoms with Gasteiger partial charge in [0.05, 0.1) is 8.41 Å². The molecule has 0 saturated carbocycles. The molecule has 45 heavy (non-hydrogen) atoms. The summed E-state index contributed by atoms with van der Waals surface area (Å²) in [5.74, 6) is 0. The lowest BCUT2D eigenvalue weighted by atomic mass is 10.1. The smallest absolute Gasteiger partial charge is 0.0693 e. The first-order valence-corrected chi connectivity index (χ1v) is 40.6. The predicted octanol–water partition coefficient (Wildman–Crippen LogP) is 10.7. The highest BCUT2D eigenvalue weighted by Gasteiger charge is 2.47. The van der Waals surface area contributed by atoms with Crippen LogP contribution in [-0.4, -0.2) is 62.5 Å². The molecule has 0 atom stereocenters. The molecule has 1 aliphatic heterocycles. The Morgan fingerprint density at radius 2 is 0.844 bits per heavy atom. The highest BCUT2D eigenvalue weighted by Crippen LogP contribution is 2.44. The second kappa shape index (κ2) is 12.0. The van der Waals surface area contributed by atoms with Gasteiger partial charge in [-0.3, -0.25) is 0 Å². The van der Waals surface area contributed by atoms with Crippen molar-refractivity contribution in [2.75, 3.05) is 0 Å². The normalized spacial score (nSPS) is 15.2. The molecule has 1 heterocycles. The van der Waals surface area contributed by atoms with Crippen LogP contribution in [0, 0.1) is 0 Å². The fraction of sp³-hybridized carbons (Fsp3) is 0.553.